The normalized spacial score (nSPS) is 18.0. The van der Waals surface area contributed by atoms with Gasteiger partial charge in [-0.15, -0.1) is 5.10 Å². The summed E-state index contributed by atoms with van der Waals surface area (Å²) in [7, 11) is 0. The Labute approximate surface area is 266 Å². The number of likely N-dealkylation sites (tertiary alicyclic amines) is 1. The molecule has 15 nitrogen and oxygen atoms in total. The van der Waals surface area contributed by atoms with Gasteiger partial charge in [-0.1, -0.05) is 18.2 Å². The number of hydrogen-bond acceptors (Lipinski definition) is 9. The fourth-order valence-corrected chi connectivity index (χ4v) is 5.40. The summed E-state index contributed by atoms with van der Waals surface area (Å²) in [6.45, 7) is 8.25. The molecule has 0 aliphatic carbocycles. The van der Waals surface area contributed by atoms with Gasteiger partial charge in [0.15, 0.2) is 0 Å². The number of rotatable bonds is 8. The molecule has 46 heavy (non-hydrogen) atoms. The molecule has 0 saturated carbocycles. The molecule has 5 rings (SSSR count). The van der Waals surface area contributed by atoms with Crippen molar-refractivity contribution in [3.05, 3.63) is 59.9 Å². The maximum atomic E-state index is 13.7. The van der Waals surface area contributed by atoms with Crippen LogP contribution in [0.5, 0.6) is 0 Å². The van der Waals surface area contributed by atoms with Crippen molar-refractivity contribution in [3.63, 3.8) is 0 Å². The number of amides is 5. The second-order valence-corrected chi connectivity index (χ2v) is 12.5. The molecule has 2 atom stereocenters. The number of piperazine rings is 1. The molecular formula is C31H39N9O6. The van der Waals surface area contributed by atoms with Gasteiger partial charge in [0.1, 0.15) is 12.4 Å². The highest BCUT2D eigenvalue weighted by molar-refractivity contribution is 6.41. The van der Waals surface area contributed by atoms with Crippen molar-refractivity contribution in [2.24, 2.45) is 0 Å². The molecule has 0 unspecified atom stereocenters. The number of benzene rings is 2. The largest absolute Gasteiger partial charge is 0.391 e. The topological polar surface area (TPSA) is 175 Å². The molecule has 3 N–H and O–H groups in total. The third-order valence-corrected chi connectivity index (χ3v) is 7.73. The van der Waals surface area contributed by atoms with Crippen LogP contribution in [0.1, 0.15) is 44.7 Å². The van der Waals surface area contributed by atoms with E-state index < -0.39 is 35.5 Å². The van der Waals surface area contributed by atoms with Crippen LogP contribution in [0, 0.1) is 6.92 Å². The van der Waals surface area contributed by atoms with Gasteiger partial charge in [0.05, 0.1) is 23.1 Å². The first kappa shape index (κ1) is 32.5. The van der Waals surface area contributed by atoms with Gasteiger partial charge >= 0.3 is 17.8 Å². The second kappa shape index (κ2) is 13.6. The lowest BCUT2D eigenvalue weighted by Gasteiger charge is -2.38. The van der Waals surface area contributed by atoms with E-state index in [1.165, 1.54) is 20.8 Å². The molecule has 2 fully saturated rings. The van der Waals surface area contributed by atoms with Crippen molar-refractivity contribution >= 4 is 35.1 Å². The minimum absolute atomic E-state index is 0.0804. The number of β-amino-alcohol motifs (C(OH)–C–C–N with tert-alkyl or cyclic N) is 1. The SMILES string of the molecule is Cc1ccc(-n2cnnn2)c(N2CCN([C@@H](Cc3ccc(NC(=O)N4CCC[C@H](O)C4)cc3)C(=O)NOC(C)(C)C)C(=O)C2=O)c1. The fraction of sp³-hybridized carbons (Fsp3) is 0.452. The number of carbonyl (C=O) groups is 4. The first-order valence-electron chi connectivity index (χ1n) is 15.2. The number of aliphatic hydroxyl groups is 1. The Hall–Kier alpha value is -4.89. The smallest absolute Gasteiger partial charge is 0.321 e. The van der Waals surface area contributed by atoms with Gasteiger partial charge in [-0.2, -0.15) is 4.68 Å². The molecule has 0 bridgehead atoms. The molecule has 2 saturated heterocycles. The van der Waals surface area contributed by atoms with Gasteiger partial charge in [0, 0.05) is 38.3 Å². The lowest BCUT2D eigenvalue weighted by Crippen LogP contribution is -2.61. The summed E-state index contributed by atoms with van der Waals surface area (Å²) in [5.74, 6) is -2.20. The Bertz CT molecular complexity index is 1570. The summed E-state index contributed by atoms with van der Waals surface area (Å²) < 4.78 is 1.42. The standard InChI is InChI=1S/C31H39N9O6/c1-20-7-12-24(40-19-32-35-36-40)25(16-20)38-14-15-39(29(44)28(38)43)26(27(42)34-46-31(2,3)4)17-21-8-10-22(11-9-21)33-30(45)37-13-5-6-23(41)18-37/h7-12,16,19,23,26,41H,5-6,13-15,17-18H2,1-4H3,(H,33,45)(H,34,42)/t23-,26-/m0/s1. The van der Waals surface area contributed by atoms with Crippen molar-refractivity contribution in [1.82, 2.24) is 35.5 Å². The van der Waals surface area contributed by atoms with Crippen LogP contribution in [0.4, 0.5) is 16.2 Å². The van der Waals surface area contributed by atoms with E-state index in [0.29, 0.717) is 35.6 Å². The average Bonchev–Trinajstić information content (AvgIpc) is 3.56. The van der Waals surface area contributed by atoms with Gasteiger partial charge < -0.3 is 25.1 Å². The maximum absolute atomic E-state index is 13.7. The average molecular weight is 634 g/mol. The van der Waals surface area contributed by atoms with E-state index in [4.69, 9.17) is 4.84 Å². The van der Waals surface area contributed by atoms with Crippen LogP contribution in [0.25, 0.3) is 5.69 Å². The number of nitrogens with zero attached hydrogens (tertiary/aromatic N) is 7. The molecule has 0 spiro atoms. The van der Waals surface area contributed by atoms with Crippen molar-refractivity contribution in [1.29, 1.82) is 0 Å². The minimum atomic E-state index is -1.06. The van der Waals surface area contributed by atoms with E-state index in [-0.39, 0.29) is 32.1 Å². The maximum Gasteiger partial charge on any atom is 0.321 e. The van der Waals surface area contributed by atoms with Crippen LogP contribution >= 0.6 is 0 Å². The molecule has 2 aliphatic rings. The quantitative estimate of drug-likeness (QED) is 0.246. The van der Waals surface area contributed by atoms with E-state index in [9.17, 15) is 24.3 Å². The number of carbonyl (C=O) groups excluding carboxylic acids is 4. The van der Waals surface area contributed by atoms with Crippen LogP contribution < -0.4 is 15.7 Å². The van der Waals surface area contributed by atoms with Crippen LogP contribution in [0.15, 0.2) is 48.8 Å². The Morgan fingerprint density at radius 2 is 1.80 bits per heavy atom. The van der Waals surface area contributed by atoms with Crippen LogP contribution in [-0.4, -0.2) is 103 Å². The number of nitrogens with one attached hydrogen (secondary N) is 2. The summed E-state index contributed by atoms with van der Waals surface area (Å²) >= 11 is 0. The molecule has 0 radical (unpaired) electrons. The molecule has 5 amide bonds. The van der Waals surface area contributed by atoms with Gasteiger partial charge in [-0.25, -0.2) is 10.3 Å². The molecule has 2 aromatic carbocycles. The van der Waals surface area contributed by atoms with Gasteiger partial charge in [0.25, 0.3) is 5.91 Å². The Kier molecular flexibility index (Phi) is 9.63. The van der Waals surface area contributed by atoms with Crippen molar-refractivity contribution in [2.45, 2.75) is 64.7 Å². The van der Waals surface area contributed by atoms with E-state index in [1.54, 1.807) is 62.1 Å². The number of aryl methyl sites for hydroxylation is 1. The summed E-state index contributed by atoms with van der Waals surface area (Å²) in [6, 6.07) is 11.0. The van der Waals surface area contributed by atoms with Crippen LogP contribution in [0.3, 0.4) is 0 Å². The highest BCUT2D eigenvalue weighted by Crippen LogP contribution is 2.28. The number of tetrazole rings is 1. The Morgan fingerprint density at radius 1 is 1.04 bits per heavy atom. The van der Waals surface area contributed by atoms with E-state index in [2.05, 4.69) is 26.3 Å². The van der Waals surface area contributed by atoms with Gasteiger partial charge in [-0.05, 0) is 86.4 Å². The van der Waals surface area contributed by atoms with E-state index >= 15 is 0 Å². The zero-order valence-electron chi connectivity index (χ0n) is 26.3. The number of urea groups is 1. The Morgan fingerprint density at radius 3 is 2.48 bits per heavy atom. The van der Waals surface area contributed by atoms with Crippen LogP contribution in [-0.2, 0) is 25.6 Å². The zero-order valence-corrected chi connectivity index (χ0v) is 26.3. The zero-order chi connectivity index (χ0) is 33.0. The number of aromatic nitrogens is 4. The molecule has 244 valence electrons. The lowest BCUT2D eigenvalue weighted by molar-refractivity contribution is -0.158. The van der Waals surface area contributed by atoms with Crippen molar-refractivity contribution in [3.8, 4) is 5.69 Å². The van der Waals surface area contributed by atoms with Crippen LogP contribution in [0.2, 0.25) is 0 Å². The highest BCUT2D eigenvalue weighted by atomic mass is 16.7. The monoisotopic (exact) mass is 633 g/mol. The number of anilines is 2. The molecule has 3 aromatic rings. The first-order chi connectivity index (χ1) is 21.9. The van der Waals surface area contributed by atoms with E-state index in [0.717, 1.165) is 12.0 Å². The first-order valence-corrected chi connectivity index (χ1v) is 15.2. The molecule has 15 heteroatoms. The van der Waals surface area contributed by atoms with E-state index in [1.807, 2.05) is 13.0 Å². The summed E-state index contributed by atoms with van der Waals surface area (Å²) in [5, 5.41) is 24.0. The predicted octanol–water partition coefficient (Wildman–Crippen LogP) is 1.59. The number of aliphatic hydroxyl groups excluding tert-OH is 1. The summed E-state index contributed by atoms with van der Waals surface area (Å²) in [5.41, 5.74) is 4.89. The number of hydrogen-bond donors (Lipinski definition) is 3. The number of piperidine rings is 1. The third-order valence-electron chi connectivity index (χ3n) is 7.73. The molecule has 1 aromatic heterocycles. The van der Waals surface area contributed by atoms with Crippen molar-refractivity contribution in [2.75, 3.05) is 36.4 Å². The fourth-order valence-electron chi connectivity index (χ4n) is 5.40. The third kappa shape index (κ3) is 7.66. The highest BCUT2D eigenvalue weighted by Gasteiger charge is 2.41. The minimum Gasteiger partial charge on any atom is -0.391 e. The summed E-state index contributed by atoms with van der Waals surface area (Å²) in [4.78, 5) is 63.2. The predicted molar refractivity (Wildman–Crippen MR) is 167 cm³/mol. The number of hydroxylamine groups is 1. The molecule has 2 aliphatic heterocycles. The molecule has 3 heterocycles. The Balaban J connectivity index is 1.34. The molecular weight excluding hydrogens is 594 g/mol. The second-order valence-electron chi connectivity index (χ2n) is 12.5. The van der Waals surface area contributed by atoms with Gasteiger partial charge in [0.2, 0.25) is 0 Å². The van der Waals surface area contributed by atoms with Gasteiger partial charge in [-0.3, -0.25) is 19.2 Å². The van der Waals surface area contributed by atoms with Crippen molar-refractivity contribution < 1.29 is 29.1 Å². The summed E-state index contributed by atoms with van der Waals surface area (Å²) in [6.07, 6.45) is 2.36. The lowest BCUT2D eigenvalue weighted by atomic mass is 10.0.